The number of nitrogens with zero attached hydrogens (tertiary/aromatic N) is 2. The lowest BCUT2D eigenvalue weighted by molar-refractivity contribution is 0.114. The van der Waals surface area contributed by atoms with Crippen LogP contribution >= 0.6 is 11.3 Å². The van der Waals surface area contributed by atoms with E-state index < -0.39 is 0 Å². The molecular formula is C15H27N3S. The molecule has 3 nitrogen and oxygen atoms in total. The Hall–Kier alpha value is -0.420. The smallest absolute Gasteiger partial charge is 0.0508 e. The summed E-state index contributed by atoms with van der Waals surface area (Å²) in [4.78, 5) is 5.11. The van der Waals surface area contributed by atoms with E-state index in [2.05, 4.69) is 47.5 Å². The van der Waals surface area contributed by atoms with E-state index in [0.717, 1.165) is 13.1 Å². The molecule has 1 saturated heterocycles. The van der Waals surface area contributed by atoms with Gasteiger partial charge >= 0.3 is 0 Å². The zero-order valence-electron chi connectivity index (χ0n) is 12.4. The maximum Gasteiger partial charge on any atom is 0.0508 e. The lowest BCUT2D eigenvalue weighted by Crippen LogP contribution is -2.47. The van der Waals surface area contributed by atoms with Crippen LogP contribution in [0, 0.1) is 0 Å². The number of hydrogen-bond donors (Lipinski definition) is 1. The molecule has 4 heteroatoms. The molecular weight excluding hydrogens is 254 g/mol. The highest BCUT2D eigenvalue weighted by Crippen LogP contribution is 2.29. The van der Waals surface area contributed by atoms with E-state index in [-0.39, 0.29) is 6.04 Å². The van der Waals surface area contributed by atoms with Gasteiger partial charge in [0.2, 0.25) is 0 Å². The van der Waals surface area contributed by atoms with Crippen LogP contribution in [0.2, 0.25) is 0 Å². The Labute approximate surface area is 121 Å². The molecule has 0 aromatic carbocycles. The van der Waals surface area contributed by atoms with Crippen molar-refractivity contribution in [3.05, 3.63) is 22.4 Å². The molecule has 0 amide bonds. The van der Waals surface area contributed by atoms with Crippen LogP contribution in [0.15, 0.2) is 16.8 Å². The molecule has 1 aromatic heterocycles. The summed E-state index contributed by atoms with van der Waals surface area (Å²) in [6, 6.07) is 3.39. The Kier molecular flexibility index (Phi) is 5.39. The van der Waals surface area contributed by atoms with Gasteiger partial charge < -0.3 is 10.6 Å². The first-order valence-corrected chi connectivity index (χ1v) is 8.29. The second-order valence-electron chi connectivity index (χ2n) is 5.78. The first kappa shape index (κ1) is 15.0. The van der Waals surface area contributed by atoms with Crippen LogP contribution in [0.1, 0.15) is 38.3 Å². The van der Waals surface area contributed by atoms with E-state index >= 15 is 0 Å². The van der Waals surface area contributed by atoms with Crippen LogP contribution in [0.5, 0.6) is 0 Å². The molecule has 108 valence electrons. The van der Waals surface area contributed by atoms with Crippen molar-refractivity contribution in [3.63, 3.8) is 0 Å². The predicted octanol–water partition coefficient (Wildman–Crippen LogP) is 2.55. The average molecular weight is 281 g/mol. The van der Waals surface area contributed by atoms with E-state index in [0.29, 0.717) is 12.1 Å². The zero-order valence-corrected chi connectivity index (χ0v) is 13.2. The summed E-state index contributed by atoms with van der Waals surface area (Å²) in [5.74, 6) is 0. The standard InChI is InChI=1S/C15H27N3S/c1-4-14-10-17(3)7-5-8-18(14)15(12(2)16)13-6-9-19-11-13/h6,9,11-12,14-15H,4-5,7-8,10,16H2,1-3H3. The van der Waals surface area contributed by atoms with Crippen molar-refractivity contribution in [3.8, 4) is 0 Å². The molecule has 1 aliphatic rings. The van der Waals surface area contributed by atoms with Crippen LogP contribution in [-0.2, 0) is 0 Å². The normalized spacial score (nSPS) is 26.0. The van der Waals surface area contributed by atoms with Gasteiger partial charge in [-0.2, -0.15) is 11.3 Å². The van der Waals surface area contributed by atoms with Crippen LogP contribution in [0.4, 0.5) is 0 Å². The van der Waals surface area contributed by atoms with Gasteiger partial charge in [0, 0.05) is 25.2 Å². The number of hydrogen-bond acceptors (Lipinski definition) is 4. The van der Waals surface area contributed by atoms with Gasteiger partial charge in [-0.25, -0.2) is 0 Å². The van der Waals surface area contributed by atoms with Crippen LogP contribution in [0.3, 0.4) is 0 Å². The van der Waals surface area contributed by atoms with E-state index in [1.165, 1.54) is 24.9 Å². The van der Waals surface area contributed by atoms with E-state index in [4.69, 9.17) is 5.73 Å². The molecule has 2 rings (SSSR count). The van der Waals surface area contributed by atoms with Gasteiger partial charge in [-0.3, -0.25) is 4.90 Å². The summed E-state index contributed by atoms with van der Waals surface area (Å²) < 4.78 is 0. The monoisotopic (exact) mass is 281 g/mol. The van der Waals surface area contributed by atoms with E-state index in [9.17, 15) is 0 Å². The third-order valence-corrected chi connectivity index (χ3v) is 4.86. The van der Waals surface area contributed by atoms with Crippen LogP contribution in [-0.4, -0.2) is 48.6 Å². The molecule has 2 N–H and O–H groups in total. The van der Waals surface area contributed by atoms with Crippen molar-refractivity contribution >= 4 is 11.3 Å². The van der Waals surface area contributed by atoms with Crippen molar-refractivity contribution in [2.24, 2.45) is 5.73 Å². The first-order valence-electron chi connectivity index (χ1n) is 7.35. The summed E-state index contributed by atoms with van der Waals surface area (Å²) in [5, 5.41) is 4.42. The average Bonchev–Trinajstić information content (AvgIpc) is 2.81. The van der Waals surface area contributed by atoms with Crippen LogP contribution < -0.4 is 5.73 Å². The molecule has 0 saturated carbocycles. The predicted molar refractivity (Wildman–Crippen MR) is 83.6 cm³/mol. The van der Waals surface area contributed by atoms with Gasteiger partial charge in [-0.15, -0.1) is 0 Å². The second kappa shape index (κ2) is 6.84. The third kappa shape index (κ3) is 3.57. The molecule has 0 radical (unpaired) electrons. The van der Waals surface area contributed by atoms with Crippen molar-refractivity contribution in [1.82, 2.24) is 9.80 Å². The maximum atomic E-state index is 6.31. The van der Waals surface area contributed by atoms with Crippen molar-refractivity contribution < 1.29 is 0 Å². The molecule has 19 heavy (non-hydrogen) atoms. The fraction of sp³-hybridized carbons (Fsp3) is 0.733. The topological polar surface area (TPSA) is 32.5 Å². The Morgan fingerprint density at radius 2 is 2.26 bits per heavy atom. The first-order chi connectivity index (χ1) is 9.13. The lowest BCUT2D eigenvalue weighted by atomic mass is 9.99. The largest absolute Gasteiger partial charge is 0.326 e. The fourth-order valence-corrected chi connectivity index (χ4v) is 3.92. The molecule has 0 aliphatic carbocycles. The van der Waals surface area contributed by atoms with Gasteiger partial charge in [0.25, 0.3) is 0 Å². The summed E-state index contributed by atoms with van der Waals surface area (Å²) in [7, 11) is 2.23. The molecule has 3 unspecified atom stereocenters. The zero-order chi connectivity index (χ0) is 13.8. The number of thiophene rings is 1. The Bertz CT molecular complexity index is 363. The van der Waals surface area contributed by atoms with Crippen molar-refractivity contribution in [2.75, 3.05) is 26.7 Å². The van der Waals surface area contributed by atoms with E-state index in [1.54, 1.807) is 11.3 Å². The highest BCUT2D eigenvalue weighted by atomic mass is 32.1. The molecule has 1 fully saturated rings. The summed E-state index contributed by atoms with van der Waals surface area (Å²) in [6.45, 7) is 7.95. The van der Waals surface area contributed by atoms with Gasteiger partial charge in [0.05, 0.1) is 6.04 Å². The number of rotatable bonds is 4. The molecule has 1 aliphatic heterocycles. The molecule has 3 atom stereocenters. The Morgan fingerprint density at radius 3 is 2.84 bits per heavy atom. The number of likely N-dealkylation sites (N-methyl/N-ethyl adjacent to an activating group) is 1. The molecule has 1 aromatic rings. The van der Waals surface area contributed by atoms with Crippen molar-refractivity contribution in [2.45, 2.75) is 44.8 Å². The Balaban J connectivity index is 2.23. The lowest BCUT2D eigenvalue weighted by Gasteiger charge is -2.39. The van der Waals surface area contributed by atoms with Gasteiger partial charge in [0.15, 0.2) is 0 Å². The summed E-state index contributed by atoms with van der Waals surface area (Å²) in [6.07, 6.45) is 2.43. The Morgan fingerprint density at radius 1 is 1.47 bits per heavy atom. The minimum atomic E-state index is 0.173. The summed E-state index contributed by atoms with van der Waals surface area (Å²) >= 11 is 1.77. The van der Waals surface area contributed by atoms with Gasteiger partial charge in [0.1, 0.15) is 0 Å². The maximum absolute atomic E-state index is 6.31. The number of nitrogens with two attached hydrogens (primary N) is 1. The highest BCUT2D eigenvalue weighted by molar-refractivity contribution is 7.07. The molecule has 2 heterocycles. The fourth-order valence-electron chi connectivity index (χ4n) is 3.23. The second-order valence-corrected chi connectivity index (χ2v) is 6.56. The highest BCUT2D eigenvalue weighted by Gasteiger charge is 2.31. The molecule has 0 spiro atoms. The van der Waals surface area contributed by atoms with Gasteiger partial charge in [-0.1, -0.05) is 6.92 Å². The molecule has 0 bridgehead atoms. The van der Waals surface area contributed by atoms with Crippen LogP contribution in [0.25, 0.3) is 0 Å². The summed E-state index contributed by atoms with van der Waals surface area (Å²) in [5.41, 5.74) is 7.70. The van der Waals surface area contributed by atoms with E-state index in [1.807, 2.05) is 0 Å². The minimum absolute atomic E-state index is 0.173. The van der Waals surface area contributed by atoms with Crippen molar-refractivity contribution in [1.29, 1.82) is 0 Å². The third-order valence-electron chi connectivity index (χ3n) is 4.16. The minimum Gasteiger partial charge on any atom is -0.326 e. The quantitative estimate of drug-likeness (QED) is 0.920. The van der Waals surface area contributed by atoms with Gasteiger partial charge in [-0.05, 0) is 55.7 Å². The SMILES string of the molecule is CCC1CN(C)CCCN1C(c1ccsc1)C(C)N.